The molecule has 0 spiro atoms. The van der Waals surface area contributed by atoms with Crippen LogP contribution in [0.4, 0.5) is 0 Å². The van der Waals surface area contributed by atoms with Crippen LogP contribution in [0.2, 0.25) is 0 Å². The van der Waals surface area contributed by atoms with Crippen LogP contribution in [0.15, 0.2) is 66.7 Å². The normalized spacial score (nSPS) is 10.9. The van der Waals surface area contributed by atoms with Gasteiger partial charge in [-0.1, -0.05) is 54.6 Å². The van der Waals surface area contributed by atoms with Crippen LogP contribution in [0, 0.1) is 0 Å². The van der Waals surface area contributed by atoms with E-state index in [1.54, 1.807) is 7.11 Å². The van der Waals surface area contributed by atoms with E-state index in [-0.39, 0.29) is 5.91 Å². The molecule has 3 aromatic rings. The minimum Gasteiger partial charge on any atom is -0.497 e. The number of fused-ring (bicyclic) bond motifs is 1. The van der Waals surface area contributed by atoms with Crippen LogP contribution >= 0.6 is 0 Å². The summed E-state index contributed by atoms with van der Waals surface area (Å²) in [5.41, 5.74) is 2.42. The number of carbonyl (C=O) groups excluding carboxylic acids is 1. The molecule has 0 fully saturated rings. The van der Waals surface area contributed by atoms with E-state index in [2.05, 4.69) is 47.8 Å². The van der Waals surface area contributed by atoms with E-state index in [1.807, 2.05) is 36.2 Å². The monoisotopic (exact) mass is 362 g/mol. The molecule has 0 unspecified atom stereocenters. The number of nitrogens with one attached hydrogen (secondary N) is 1. The first-order valence-electron chi connectivity index (χ1n) is 9.20. The summed E-state index contributed by atoms with van der Waals surface area (Å²) >= 11 is 0. The van der Waals surface area contributed by atoms with Crippen molar-refractivity contribution >= 4 is 16.7 Å². The maximum atomic E-state index is 12.2. The van der Waals surface area contributed by atoms with Gasteiger partial charge in [-0.15, -0.1) is 0 Å². The lowest BCUT2D eigenvalue weighted by atomic mass is 10.0. The Morgan fingerprint density at radius 3 is 2.63 bits per heavy atom. The van der Waals surface area contributed by atoms with Crippen LogP contribution < -0.4 is 10.1 Å². The minimum atomic E-state index is 0.0475. The molecule has 0 bridgehead atoms. The maximum absolute atomic E-state index is 12.2. The molecule has 4 nitrogen and oxygen atoms in total. The van der Waals surface area contributed by atoms with Crippen molar-refractivity contribution in [2.75, 3.05) is 27.2 Å². The highest BCUT2D eigenvalue weighted by Gasteiger charge is 2.08. The van der Waals surface area contributed by atoms with Gasteiger partial charge in [0.2, 0.25) is 5.91 Å². The van der Waals surface area contributed by atoms with Gasteiger partial charge >= 0.3 is 0 Å². The van der Waals surface area contributed by atoms with Crippen LogP contribution in [0.3, 0.4) is 0 Å². The second-order valence-electron chi connectivity index (χ2n) is 6.76. The van der Waals surface area contributed by atoms with Gasteiger partial charge < -0.3 is 10.1 Å². The zero-order chi connectivity index (χ0) is 19.1. The zero-order valence-electron chi connectivity index (χ0n) is 15.9. The molecule has 1 amide bonds. The van der Waals surface area contributed by atoms with Gasteiger partial charge in [0, 0.05) is 13.1 Å². The Kier molecular flexibility index (Phi) is 6.44. The van der Waals surface area contributed by atoms with Gasteiger partial charge in [0.25, 0.3) is 0 Å². The number of nitrogens with zero attached hydrogens (tertiary/aromatic N) is 1. The van der Waals surface area contributed by atoms with Crippen LogP contribution in [0.25, 0.3) is 10.8 Å². The summed E-state index contributed by atoms with van der Waals surface area (Å²) in [6, 6.07) is 22.5. The van der Waals surface area contributed by atoms with Crippen LogP contribution in [0.1, 0.15) is 11.1 Å². The molecule has 0 atom stereocenters. The van der Waals surface area contributed by atoms with Gasteiger partial charge in [-0.25, -0.2) is 0 Å². The molecular formula is C23H26N2O2. The summed E-state index contributed by atoms with van der Waals surface area (Å²) in [7, 11) is 3.64. The van der Waals surface area contributed by atoms with E-state index in [0.717, 1.165) is 18.7 Å². The largest absolute Gasteiger partial charge is 0.497 e. The summed E-state index contributed by atoms with van der Waals surface area (Å²) < 4.78 is 5.34. The third-order valence-electron chi connectivity index (χ3n) is 4.60. The highest BCUT2D eigenvalue weighted by Crippen LogP contribution is 2.24. The fourth-order valence-corrected chi connectivity index (χ4v) is 3.25. The van der Waals surface area contributed by atoms with Crippen molar-refractivity contribution in [2.45, 2.75) is 13.0 Å². The van der Waals surface area contributed by atoms with Crippen molar-refractivity contribution in [1.29, 1.82) is 0 Å². The molecule has 3 aromatic carbocycles. The third kappa shape index (κ3) is 5.31. The third-order valence-corrected chi connectivity index (χ3v) is 4.60. The van der Waals surface area contributed by atoms with E-state index in [4.69, 9.17) is 4.74 Å². The lowest BCUT2D eigenvalue weighted by molar-refractivity contribution is -0.122. The van der Waals surface area contributed by atoms with Crippen molar-refractivity contribution < 1.29 is 9.53 Å². The Balaban J connectivity index is 1.52. The predicted molar refractivity (Wildman–Crippen MR) is 110 cm³/mol. The molecule has 0 aliphatic rings. The van der Waals surface area contributed by atoms with Gasteiger partial charge in [0.1, 0.15) is 5.75 Å². The first-order chi connectivity index (χ1) is 13.2. The molecule has 0 saturated heterocycles. The smallest absolute Gasteiger partial charge is 0.234 e. The average molecular weight is 362 g/mol. The SMILES string of the molecule is COc1ccc2cccc(CCNC(=O)CN(C)Cc3ccccc3)c2c1. The Morgan fingerprint density at radius 2 is 1.85 bits per heavy atom. The summed E-state index contributed by atoms with van der Waals surface area (Å²) in [6.07, 6.45) is 0.790. The Bertz CT molecular complexity index is 893. The molecule has 27 heavy (non-hydrogen) atoms. The number of hydrogen-bond donors (Lipinski definition) is 1. The van der Waals surface area contributed by atoms with Crippen LogP contribution in [0.5, 0.6) is 5.75 Å². The number of methoxy groups -OCH3 is 1. The van der Waals surface area contributed by atoms with Crippen molar-refractivity contribution in [3.8, 4) is 5.75 Å². The van der Waals surface area contributed by atoms with Crippen LogP contribution in [-0.2, 0) is 17.8 Å². The standard InChI is InChI=1S/C23H26N2O2/c1-25(16-18-7-4-3-5-8-18)17-23(26)24-14-13-20-10-6-9-19-11-12-21(27-2)15-22(19)20/h3-12,15H,13-14,16-17H2,1-2H3,(H,24,26). The number of amides is 1. The van der Waals surface area contributed by atoms with Crippen molar-refractivity contribution in [3.05, 3.63) is 77.9 Å². The Morgan fingerprint density at radius 1 is 1.04 bits per heavy atom. The Labute approximate surface area is 160 Å². The van der Waals surface area contributed by atoms with Gasteiger partial charge in [-0.05, 0) is 47.5 Å². The molecule has 1 N–H and O–H groups in total. The maximum Gasteiger partial charge on any atom is 0.234 e. The fraction of sp³-hybridized carbons (Fsp3) is 0.261. The fourth-order valence-electron chi connectivity index (χ4n) is 3.25. The minimum absolute atomic E-state index is 0.0475. The molecule has 3 rings (SSSR count). The highest BCUT2D eigenvalue weighted by atomic mass is 16.5. The summed E-state index contributed by atoms with van der Waals surface area (Å²) in [5.74, 6) is 0.896. The predicted octanol–water partition coefficient (Wildman–Crippen LogP) is 3.64. The summed E-state index contributed by atoms with van der Waals surface area (Å²) in [4.78, 5) is 14.2. The molecule has 0 saturated carbocycles. The van der Waals surface area contributed by atoms with E-state index < -0.39 is 0 Å². The second kappa shape index (κ2) is 9.19. The van der Waals surface area contributed by atoms with Crippen molar-refractivity contribution in [3.63, 3.8) is 0 Å². The Hall–Kier alpha value is -2.85. The molecule has 0 radical (unpaired) electrons. The van der Waals surface area contributed by atoms with E-state index in [9.17, 15) is 4.79 Å². The molecular weight excluding hydrogens is 336 g/mol. The summed E-state index contributed by atoms with van der Waals surface area (Å²) in [5, 5.41) is 5.39. The molecule has 4 heteroatoms. The van der Waals surface area contributed by atoms with E-state index >= 15 is 0 Å². The number of hydrogen-bond acceptors (Lipinski definition) is 3. The van der Waals surface area contributed by atoms with E-state index in [0.29, 0.717) is 13.1 Å². The molecule has 140 valence electrons. The van der Waals surface area contributed by atoms with Gasteiger partial charge in [0.05, 0.1) is 13.7 Å². The number of carbonyl (C=O) groups is 1. The number of likely N-dealkylation sites (N-methyl/N-ethyl adjacent to an activating group) is 1. The first kappa shape index (κ1) is 18.9. The molecule has 0 aliphatic heterocycles. The van der Waals surface area contributed by atoms with Gasteiger partial charge in [-0.3, -0.25) is 9.69 Å². The topological polar surface area (TPSA) is 41.6 Å². The zero-order valence-corrected chi connectivity index (χ0v) is 15.9. The lowest BCUT2D eigenvalue weighted by Crippen LogP contribution is -2.35. The second-order valence-corrected chi connectivity index (χ2v) is 6.76. The van der Waals surface area contributed by atoms with Crippen molar-refractivity contribution in [1.82, 2.24) is 10.2 Å². The average Bonchev–Trinajstić information content (AvgIpc) is 2.68. The quantitative estimate of drug-likeness (QED) is 0.665. The number of rotatable bonds is 8. The van der Waals surface area contributed by atoms with Gasteiger partial charge in [-0.2, -0.15) is 0 Å². The number of ether oxygens (including phenoxy) is 1. The van der Waals surface area contributed by atoms with Gasteiger partial charge in [0.15, 0.2) is 0 Å². The molecule has 0 aromatic heterocycles. The summed E-state index contributed by atoms with van der Waals surface area (Å²) in [6.45, 7) is 1.77. The van der Waals surface area contributed by atoms with Crippen LogP contribution in [-0.4, -0.2) is 38.1 Å². The van der Waals surface area contributed by atoms with E-state index in [1.165, 1.54) is 21.9 Å². The first-order valence-corrected chi connectivity index (χ1v) is 9.20. The molecule has 0 aliphatic carbocycles. The lowest BCUT2D eigenvalue weighted by Gasteiger charge is -2.16. The highest BCUT2D eigenvalue weighted by molar-refractivity contribution is 5.87. The number of benzene rings is 3. The van der Waals surface area contributed by atoms with Crippen molar-refractivity contribution in [2.24, 2.45) is 0 Å². The molecule has 0 heterocycles.